The minimum Gasteiger partial charge on any atom is -0.493 e. The van der Waals surface area contributed by atoms with Crippen LogP contribution in [0.2, 0.25) is 0 Å². The molecular weight excluding hydrogens is 376 g/mol. The topological polar surface area (TPSA) is 44.5 Å². The van der Waals surface area contributed by atoms with Gasteiger partial charge >= 0.3 is 6.61 Å². The molecule has 29 heavy (non-hydrogen) atoms. The molecule has 1 aromatic heterocycles. The Morgan fingerprint density at radius 3 is 2.48 bits per heavy atom. The van der Waals surface area contributed by atoms with Crippen molar-refractivity contribution in [2.75, 3.05) is 7.11 Å². The maximum atomic E-state index is 12.6. The van der Waals surface area contributed by atoms with E-state index in [0.717, 1.165) is 16.6 Å². The summed E-state index contributed by atoms with van der Waals surface area (Å²) in [5.74, 6) is 0.616. The van der Waals surface area contributed by atoms with Crippen LogP contribution >= 0.6 is 0 Å². The normalized spacial score (nSPS) is 11.4. The Balaban J connectivity index is 1.60. The zero-order valence-electron chi connectivity index (χ0n) is 15.5. The van der Waals surface area contributed by atoms with E-state index in [0.29, 0.717) is 17.0 Å². The number of hydrogen-bond donors (Lipinski definition) is 0. The Bertz CT molecular complexity index is 1150. The lowest BCUT2D eigenvalue weighted by atomic mass is 10.1. The van der Waals surface area contributed by atoms with Crippen LogP contribution in [0.5, 0.6) is 11.5 Å². The number of ether oxygens (including phenoxy) is 2. The lowest BCUT2D eigenvalue weighted by molar-refractivity contribution is -0.0512. The molecular formula is C23H17F2NO3. The van der Waals surface area contributed by atoms with Crippen LogP contribution < -0.4 is 9.47 Å². The first-order chi connectivity index (χ1) is 14.1. The van der Waals surface area contributed by atoms with Gasteiger partial charge in [-0.25, -0.2) is 4.98 Å². The summed E-state index contributed by atoms with van der Waals surface area (Å²) in [6, 6.07) is 20.6. The van der Waals surface area contributed by atoms with Crippen LogP contribution in [0.15, 0.2) is 71.1 Å². The Kier molecular flexibility index (Phi) is 5.24. The molecule has 146 valence electrons. The smallest absolute Gasteiger partial charge is 0.387 e. The van der Waals surface area contributed by atoms with Gasteiger partial charge in [-0.1, -0.05) is 42.5 Å². The van der Waals surface area contributed by atoms with Gasteiger partial charge in [-0.3, -0.25) is 0 Å². The number of halogens is 2. The first-order valence-electron chi connectivity index (χ1n) is 8.89. The van der Waals surface area contributed by atoms with E-state index >= 15 is 0 Å². The van der Waals surface area contributed by atoms with Gasteiger partial charge < -0.3 is 13.9 Å². The van der Waals surface area contributed by atoms with E-state index in [1.807, 2.05) is 48.5 Å². The van der Waals surface area contributed by atoms with E-state index in [1.165, 1.54) is 13.2 Å². The predicted octanol–water partition coefficient (Wildman–Crippen LogP) is 6.28. The molecule has 0 saturated carbocycles. The van der Waals surface area contributed by atoms with Gasteiger partial charge in [0.1, 0.15) is 5.52 Å². The van der Waals surface area contributed by atoms with E-state index in [-0.39, 0.29) is 11.5 Å². The van der Waals surface area contributed by atoms with Crippen LogP contribution in [0, 0.1) is 0 Å². The highest BCUT2D eigenvalue weighted by Crippen LogP contribution is 2.30. The summed E-state index contributed by atoms with van der Waals surface area (Å²) >= 11 is 0. The second-order valence-electron chi connectivity index (χ2n) is 6.22. The van der Waals surface area contributed by atoms with Crippen molar-refractivity contribution in [1.82, 2.24) is 4.98 Å². The fourth-order valence-corrected chi connectivity index (χ4v) is 2.98. The monoisotopic (exact) mass is 393 g/mol. The summed E-state index contributed by atoms with van der Waals surface area (Å²) in [5.41, 5.74) is 4.20. The molecule has 0 aliphatic heterocycles. The number of methoxy groups -OCH3 is 1. The summed E-state index contributed by atoms with van der Waals surface area (Å²) in [4.78, 5) is 4.49. The third kappa shape index (κ3) is 4.27. The molecule has 0 saturated heterocycles. The SMILES string of the molecule is COc1ccc(/C=C/c2nc3cc(-c4ccccc4)ccc3o2)cc1OC(F)F. The van der Waals surface area contributed by atoms with Gasteiger partial charge in [0.15, 0.2) is 17.1 Å². The number of rotatable bonds is 6. The zero-order valence-corrected chi connectivity index (χ0v) is 15.5. The molecule has 0 aliphatic carbocycles. The molecule has 0 atom stereocenters. The molecule has 0 N–H and O–H groups in total. The minimum absolute atomic E-state index is 0.0327. The molecule has 4 aromatic rings. The van der Waals surface area contributed by atoms with E-state index < -0.39 is 6.61 Å². The van der Waals surface area contributed by atoms with Gasteiger partial charge in [0.25, 0.3) is 0 Å². The number of fused-ring (bicyclic) bond motifs is 1. The number of aromatic nitrogens is 1. The molecule has 3 aromatic carbocycles. The van der Waals surface area contributed by atoms with Crippen molar-refractivity contribution < 1.29 is 22.7 Å². The van der Waals surface area contributed by atoms with Crippen molar-refractivity contribution in [3.63, 3.8) is 0 Å². The Hall–Kier alpha value is -3.67. The summed E-state index contributed by atoms with van der Waals surface area (Å²) in [5, 5.41) is 0. The Labute approximate surface area is 166 Å². The third-order valence-corrected chi connectivity index (χ3v) is 4.33. The van der Waals surface area contributed by atoms with Crippen LogP contribution in [-0.2, 0) is 0 Å². The maximum Gasteiger partial charge on any atom is 0.387 e. The Morgan fingerprint density at radius 2 is 1.72 bits per heavy atom. The fraction of sp³-hybridized carbons (Fsp3) is 0.0870. The average molecular weight is 393 g/mol. The van der Waals surface area contributed by atoms with Gasteiger partial charge in [-0.15, -0.1) is 0 Å². The van der Waals surface area contributed by atoms with Crippen molar-refractivity contribution in [1.29, 1.82) is 0 Å². The number of alkyl halides is 2. The summed E-state index contributed by atoms with van der Waals surface area (Å²) < 4.78 is 40.4. The number of hydrogen-bond acceptors (Lipinski definition) is 4. The second kappa shape index (κ2) is 8.14. The van der Waals surface area contributed by atoms with Crippen LogP contribution in [0.4, 0.5) is 8.78 Å². The summed E-state index contributed by atoms with van der Waals surface area (Å²) in [7, 11) is 1.39. The molecule has 4 nitrogen and oxygen atoms in total. The molecule has 0 fully saturated rings. The van der Waals surface area contributed by atoms with Crippen LogP contribution in [0.25, 0.3) is 34.4 Å². The molecule has 0 unspecified atom stereocenters. The highest BCUT2D eigenvalue weighted by Gasteiger charge is 2.11. The minimum atomic E-state index is -2.93. The molecule has 6 heteroatoms. The van der Waals surface area contributed by atoms with Gasteiger partial charge in [-0.2, -0.15) is 8.78 Å². The number of nitrogens with zero attached hydrogens (tertiary/aromatic N) is 1. The van der Waals surface area contributed by atoms with Gasteiger partial charge in [0.05, 0.1) is 7.11 Å². The molecule has 0 bridgehead atoms. The second-order valence-corrected chi connectivity index (χ2v) is 6.22. The van der Waals surface area contributed by atoms with Crippen LogP contribution in [0.3, 0.4) is 0 Å². The summed E-state index contributed by atoms with van der Waals surface area (Å²) in [6.07, 6.45) is 3.39. The number of benzene rings is 3. The van der Waals surface area contributed by atoms with Gasteiger partial charge in [-0.05, 0) is 47.0 Å². The largest absolute Gasteiger partial charge is 0.493 e. The zero-order chi connectivity index (χ0) is 20.2. The predicted molar refractivity (Wildman–Crippen MR) is 108 cm³/mol. The van der Waals surface area contributed by atoms with Crippen molar-refractivity contribution in [2.24, 2.45) is 0 Å². The lowest BCUT2D eigenvalue weighted by Crippen LogP contribution is -2.03. The standard InChI is InChI=1S/C23H17F2NO3/c1-27-20-10-7-15(13-21(20)29-23(24)25)8-12-22-26-18-14-17(9-11-19(18)28-22)16-5-3-2-4-6-16/h2-14,23H,1H3/b12-8+. The molecule has 0 spiro atoms. The van der Waals surface area contributed by atoms with Crippen LogP contribution in [0.1, 0.15) is 11.5 Å². The molecule has 0 amide bonds. The molecule has 0 radical (unpaired) electrons. The van der Waals surface area contributed by atoms with E-state index in [4.69, 9.17) is 9.15 Å². The quantitative estimate of drug-likeness (QED) is 0.387. The van der Waals surface area contributed by atoms with Crippen molar-refractivity contribution in [3.8, 4) is 22.6 Å². The molecule has 1 heterocycles. The van der Waals surface area contributed by atoms with Crippen molar-refractivity contribution >= 4 is 23.3 Å². The van der Waals surface area contributed by atoms with Gasteiger partial charge in [0.2, 0.25) is 5.89 Å². The van der Waals surface area contributed by atoms with Gasteiger partial charge in [0, 0.05) is 6.08 Å². The third-order valence-electron chi connectivity index (χ3n) is 4.33. The first-order valence-corrected chi connectivity index (χ1v) is 8.89. The van der Waals surface area contributed by atoms with E-state index in [9.17, 15) is 8.78 Å². The molecule has 4 rings (SSSR count). The highest BCUT2D eigenvalue weighted by molar-refractivity contribution is 5.82. The first kappa shape index (κ1) is 18.7. The number of oxazole rings is 1. The van der Waals surface area contributed by atoms with Crippen LogP contribution in [-0.4, -0.2) is 18.7 Å². The lowest BCUT2D eigenvalue weighted by Gasteiger charge is -2.10. The molecule has 0 aliphatic rings. The van der Waals surface area contributed by atoms with E-state index in [2.05, 4.69) is 9.72 Å². The highest BCUT2D eigenvalue weighted by atomic mass is 19.3. The Morgan fingerprint density at radius 1 is 0.897 bits per heavy atom. The maximum absolute atomic E-state index is 12.6. The average Bonchev–Trinajstić information content (AvgIpc) is 3.15. The van der Waals surface area contributed by atoms with E-state index in [1.54, 1.807) is 24.3 Å². The van der Waals surface area contributed by atoms with Crippen molar-refractivity contribution in [3.05, 3.63) is 78.2 Å². The summed E-state index contributed by atoms with van der Waals surface area (Å²) in [6.45, 7) is -2.93. The fourth-order valence-electron chi connectivity index (χ4n) is 2.98. The van der Waals surface area contributed by atoms with Crippen molar-refractivity contribution in [2.45, 2.75) is 6.61 Å².